The fourth-order valence-electron chi connectivity index (χ4n) is 7.88. The molecule has 0 N–H and O–H groups in total. The van der Waals surface area contributed by atoms with Crippen LogP contribution in [0.2, 0.25) is 0 Å². The van der Waals surface area contributed by atoms with E-state index in [4.69, 9.17) is 9.72 Å². The van der Waals surface area contributed by atoms with Crippen LogP contribution in [0, 0.1) is 30.1 Å². The van der Waals surface area contributed by atoms with Gasteiger partial charge in [-0.1, -0.05) is 107 Å². The molecule has 3 heterocycles. The molecule has 0 aliphatic carbocycles. The maximum absolute atomic E-state index is 9.78. The van der Waals surface area contributed by atoms with Crippen molar-refractivity contribution in [1.82, 2.24) is 9.55 Å². The molecule has 60 heavy (non-hydrogen) atoms. The van der Waals surface area contributed by atoms with Crippen LogP contribution in [0.5, 0.6) is 11.5 Å². The van der Waals surface area contributed by atoms with E-state index in [0.717, 1.165) is 44.7 Å². The number of nitriles is 1. The average molecular weight is 972 g/mol. The Balaban J connectivity index is 0.00000544. The number of hydrogen-bond donors (Lipinski definition) is 0. The normalized spacial score (nSPS) is 13.4. The van der Waals surface area contributed by atoms with Crippen LogP contribution < -0.4 is 14.5 Å². The number of para-hydroxylation sites is 1. The van der Waals surface area contributed by atoms with Crippen LogP contribution in [-0.4, -0.2) is 9.55 Å². The summed E-state index contributed by atoms with van der Waals surface area (Å²) in [5.41, 5.74) is 11.5. The van der Waals surface area contributed by atoms with Crippen molar-refractivity contribution >= 4 is 44.6 Å². The van der Waals surface area contributed by atoms with E-state index in [-0.39, 0.29) is 42.7 Å². The van der Waals surface area contributed by atoms with Gasteiger partial charge in [0, 0.05) is 61.3 Å². The molecule has 0 saturated heterocycles. The Labute approximate surface area is 371 Å². The summed E-state index contributed by atoms with van der Waals surface area (Å²) in [6.45, 7) is 29.4. The molecule has 7 aromatic rings. The predicted octanol–water partition coefficient (Wildman–Crippen LogP) is 14.0. The van der Waals surface area contributed by atoms with Gasteiger partial charge < -0.3 is 19.1 Å². The number of fused-ring (bicyclic) bond motifs is 4. The molecule has 0 fully saturated rings. The van der Waals surface area contributed by atoms with Crippen LogP contribution in [0.25, 0.3) is 27.6 Å². The Morgan fingerprint density at radius 3 is 1.95 bits per heavy atom. The van der Waals surface area contributed by atoms with E-state index < -0.39 is 0 Å². The SMILES string of the molecule is CC(C)(C)c1cc(N2[CH-]N(c3[c-]c(Oc4[c-]c5c(cc4)c4cc(C#N)ccc4n5-c4cc(C(C)(C)C)ccn4)ccc3)c3cccc(C(C)(C)C)c32)cc(C(C)(C)C)c1.[Pt]. The van der Waals surface area contributed by atoms with Gasteiger partial charge in [0.1, 0.15) is 5.82 Å². The first kappa shape index (κ1) is 42.7. The van der Waals surface area contributed by atoms with Gasteiger partial charge in [-0.05, 0) is 97.8 Å². The van der Waals surface area contributed by atoms with Crippen molar-refractivity contribution in [2.75, 3.05) is 9.80 Å². The molecule has 0 spiro atoms. The fourth-order valence-corrected chi connectivity index (χ4v) is 7.88. The number of ether oxygens (including phenoxy) is 1. The predicted molar refractivity (Wildman–Crippen MR) is 244 cm³/mol. The first-order chi connectivity index (χ1) is 27.7. The van der Waals surface area contributed by atoms with E-state index in [1.165, 1.54) is 27.9 Å². The number of rotatable bonds is 5. The summed E-state index contributed by atoms with van der Waals surface area (Å²) < 4.78 is 8.75. The second-order valence-corrected chi connectivity index (χ2v) is 20.0. The molecule has 8 rings (SSSR count). The van der Waals surface area contributed by atoms with Gasteiger partial charge in [0.25, 0.3) is 0 Å². The molecule has 0 atom stereocenters. The first-order valence-electron chi connectivity index (χ1n) is 20.5. The molecular weight excluding hydrogens is 918 g/mol. The van der Waals surface area contributed by atoms with Crippen molar-refractivity contribution in [3.8, 4) is 23.4 Å². The van der Waals surface area contributed by atoms with E-state index in [9.17, 15) is 5.26 Å². The van der Waals surface area contributed by atoms with Gasteiger partial charge >= 0.3 is 0 Å². The summed E-state index contributed by atoms with van der Waals surface area (Å²) in [6.07, 6.45) is 1.86. The minimum absolute atomic E-state index is 0. The molecule has 5 aromatic carbocycles. The second-order valence-electron chi connectivity index (χ2n) is 20.0. The van der Waals surface area contributed by atoms with E-state index in [1.807, 2.05) is 48.7 Å². The Morgan fingerprint density at radius 1 is 0.633 bits per heavy atom. The number of nitrogens with zero attached hydrogens (tertiary/aromatic N) is 5. The van der Waals surface area contributed by atoms with Crippen LogP contribution in [0.1, 0.15) is 111 Å². The van der Waals surface area contributed by atoms with Gasteiger partial charge in [-0.25, -0.2) is 4.98 Å². The number of pyridine rings is 1. The molecule has 0 amide bonds. The van der Waals surface area contributed by atoms with E-state index in [1.54, 1.807) is 0 Å². The third kappa shape index (κ3) is 7.97. The summed E-state index contributed by atoms with van der Waals surface area (Å²) in [4.78, 5) is 9.42. The molecule has 0 radical (unpaired) electrons. The molecule has 0 saturated carbocycles. The van der Waals surface area contributed by atoms with Gasteiger partial charge in [-0.2, -0.15) is 17.4 Å². The standard InChI is InChI=1S/C53H54N5O.Pt/c1-50(2,3)35-23-24-55-48(29-35)58-45-22-19-34(32-54)25-43(45)42-21-20-41(31-47(42)58)59-40-16-13-15-38(30-40)56-33-57(49-44(53(10,11)12)17-14-18-46(49)56)39-27-36(51(4,5)6)26-37(28-39)52(7,8)9;/h13-29,33H,1-12H3;/q-3;. The number of aromatic nitrogens is 2. The Hall–Kier alpha value is -5.37. The van der Waals surface area contributed by atoms with Crippen molar-refractivity contribution < 1.29 is 25.8 Å². The van der Waals surface area contributed by atoms with Crippen molar-refractivity contribution in [1.29, 1.82) is 5.26 Å². The summed E-state index contributed by atoms with van der Waals surface area (Å²) in [7, 11) is 0. The molecule has 1 aliphatic heterocycles. The Morgan fingerprint density at radius 2 is 1.30 bits per heavy atom. The maximum atomic E-state index is 9.78. The minimum atomic E-state index is -0.104. The second kappa shape index (κ2) is 15.3. The van der Waals surface area contributed by atoms with Gasteiger partial charge in [0.05, 0.1) is 11.6 Å². The largest absolute Gasteiger partial charge is 0.509 e. The molecule has 0 unspecified atom stereocenters. The van der Waals surface area contributed by atoms with Gasteiger partial charge in [0.2, 0.25) is 0 Å². The van der Waals surface area contributed by atoms with Crippen LogP contribution >= 0.6 is 0 Å². The minimum Gasteiger partial charge on any atom is -0.509 e. The van der Waals surface area contributed by atoms with E-state index in [0.29, 0.717) is 17.1 Å². The quantitative estimate of drug-likeness (QED) is 0.161. The number of hydrogen-bond acceptors (Lipinski definition) is 5. The van der Waals surface area contributed by atoms with Gasteiger partial charge in [-0.15, -0.1) is 48.1 Å². The first-order valence-corrected chi connectivity index (χ1v) is 20.5. The summed E-state index contributed by atoms with van der Waals surface area (Å²) in [5.74, 6) is 1.92. The molecule has 1 aliphatic rings. The average Bonchev–Trinajstić information content (AvgIpc) is 3.72. The van der Waals surface area contributed by atoms with Crippen LogP contribution in [0.15, 0.2) is 103 Å². The van der Waals surface area contributed by atoms with E-state index in [2.05, 4.69) is 177 Å². The Kier molecular flexibility index (Phi) is 10.9. The molecule has 6 nitrogen and oxygen atoms in total. The van der Waals surface area contributed by atoms with Gasteiger partial charge in [-0.3, -0.25) is 0 Å². The van der Waals surface area contributed by atoms with Crippen LogP contribution in [0.3, 0.4) is 0 Å². The Bertz CT molecular complexity index is 2770. The monoisotopic (exact) mass is 971 g/mol. The summed E-state index contributed by atoms with van der Waals surface area (Å²) >= 11 is 0. The zero-order valence-electron chi connectivity index (χ0n) is 36.9. The van der Waals surface area contributed by atoms with E-state index >= 15 is 0 Å². The summed E-state index contributed by atoms with van der Waals surface area (Å²) in [6, 6.07) is 43.2. The summed E-state index contributed by atoms with van der Waals surface area (Å²) in [5, 5.41) is 11.7. The maximum Gasteiger partial charge on any atom is 0.135 e. The molecule has 310 valence electrons. The third-order valence-electron chi connectivity index (χ3n) is 11.3. The zero-order chi connectivity index (χ0) is 42.2. The molecular formula is C53H54N5OPt-3. The fraction of sp³-hybridized carbons (Fsp3) is 0.302. The topological polar surface area (TPSA) is 57.3 Å². The molecule has 2 aromatic heterocycles. The third-order valence-corrected chi connectivity index (χ3v) is 11.3. The smallest absolute Gasteiger partial charge is 0.135 e. The van der Waals surface area contributed by atoms with Crippen molar-refractivity contribution in [2.45, 2.75) is 105 Å². The molecule has 7 heteroatoms. The van der Waals surface area contributed by atoms with Crippen molar-refractivity contribution in [3.63, 3.8) is 0 Å². The van der Waals surface area contributed by atoms with Crippen LogP contribution in [-0.2, 0) is 42.7 Å². The molecule has 0 bridgehead atoms. The zero-order valence-corrected chi connectivity index (χ0v) is 39.1. The van der Waals surface area contributed by atoms with Gasteiger partial charge in [0.15, 0.2) is 0 Å². The van der Waals surface area contributed by atoms with Crippen molar-refractivity contribution in [3.05, 3.63) is 150 Å². The number of anilines is 4. The number of benzene rings is 5. The van der Waals surface area contributed by atoms with Crippen molar-refractivity contribution in [2.24, 2.45) is 0 Å². The van der Waals surface area contributed by atoms with Crippen LogP contribution in [0.4, 0.5) is 22.7 Å².